The Bertz CT molecular complexity index is 446. The van der Waals surface area contributed by atoms with Gasteiger partial charge in [0, 0.05) is 13.6 Å². The number of likely N-dealkylation sites (N-methyl/N-ethyl adjacent to an activating group) is 1. The lowest BCUT2D eigenvalue weighted by Gasteiger charge is -2.21. The van der Waals surface area contributed by atoms with Crippen molar-refractivity contribution in [3.8, 4) is 0 Å². The van der Waals surface area contributed by atoms with Crippen LogP contribution in [0.3, 0.4) is 0 Å². The summed E-state index contributed by atoms with van der Waals surface area (Å²) < 4.78 is 0. The van der Waals surface area contributed by atoms with Crippen LogP contribution in [0.1, 0.15) is 43.7 Å². The van der Waals surface area contributed by atoms with E-state index in [1.807, 2.05) is 7.05 Å². The van der Waals surface area contributed by atoms with E-state index in [2.05, 4.69) is 38.1 Å². The summed E-state index contributed by atoms with van der Waals surface area (Å²) in [6.07, 6.45) is 2.55. The number of amides is 1. The molecule has 0 saturated heterocycles. The highest BCUT2D eigenvalue weighted by atomic mass is 16.2. The summed E-state index contributed by atoms with van der Waals surface area (Å²) in [5, 5.41) is 0. The van der Waals surface area contributed by atoms with Crippen LogP contribution in [0.5, 0.6) is 0 Å². The quantitative estimate of drug-likeness (QED) is 0.883. The minimum Gasteiger partial charge on any atom is -0.344 e. The molecule has 1 fully saturated rings. The van der Waals surface area contributed by atoms with Crippen molar-refractivity contribution in [3.63, 3.8) is 0 Å². The van der Waals surface area contributed by atoms with Crippen LogP contribution in [-0.2, 0) is 11.2 Å². The zero-order valence-electron chi connectivity index (χ0n) is 12.1. The molecule has 0 aromatic heterocycles. The molecule has 0 radical (unpaired) electrons. The largest absolute Gasteiger partial charge is 0.344 e. The highest BCUT2D eigenvalue weighted by Gasteiger charge is 2.47. The maximum atomic E-state index is 12.0. The van der Waals surface area contributed by atoms with E-state index < -0.39 is 5.54 Å². The Labute approximate surface area is 115 Å². The fourth-order valence-electron chi connectivity index (χ4n) is 2.20. The van der Waals surface area contributed by atoms with E-state index in [0.717, 1.165) is 25.8 Å². The molecular weight excluding hydrogens is 236 g/mol. The van der Waals surface area contributed by atoms with Gasteiger partial charge in [-0.25, -0.2) is 0 Å². The molecule has 0 unspecified atom stereocenters. The molecule has 0 aliphatic heterocycles. The summed E-state index contributed by atoms with van der Waals surface area (Å²) in [4.78, 5) is 13.8. The topological polar surface area (TPSA) is 46.3 Å². The number of rotatable bonds is 5. The number of hydrogen-bond acceptors (Lipinski definition) is 2. The predicted molar refractivity (Wildman–Crippen MR) is 78.0 cm³/mol. The van der Waals surface area contributed by atoms with Crippen LogP contribution in [0.4, 0.5) is 0 Å². The van der Waals surface area contributed by atoms with Crippen LogP contribution in [0, 0.1) is 0 Å². The number of carbonyl (C=O) groups excluding carboxylic acids is 1. The van der Waals surface area contributed by atoms with E-state index in [1.165, 1.54) is 11.1 Å². The SMILES string of the molecule is CC(C)c1ccc(CCN(C)C(=O)C2(N)CC2)cc1. The number of hydrogen-bond donors (Lipinski definition) is 1. The first-order valence-electron chi connectivity index (χ1n) is 7.06. The molecule has 3 nitrogen and oxygen atoms in total. The second-order valence-electron chi connectivity index (χ2n) is 6.03. The molecule has 0 bridgehead atoms. The molecule has 1 saturated carbocycles. The van der Waals surface area contributed by atoms with Crippen LogP contribution in [-0.4, -0.2) is 29.9 Å². The van der Waals surface area contributed by atoms with Crippen molar-refractivity contribution in [3.05, 3.63) is 35.4 Å². The number of carbonyl (C=O) groups is 1. The van der Waals surface area contributed by atoms with E-state index in [9.17, 15) is 4.79 Å². The maximum Gasteiger partial charge on any atom is 0.242 e. The van der Waals surface area contributed by atoms with Crippen LogP contribution >= 0.6 is 0 Å². The summed E-state index contributed by atoms with van der Waals surface area (Å²) in [5.74, 6) is 0.650. The second kappa shape index (κ2) is 5.33. The van der Waals surface area contributed by atoms with Gasteiger partial charge in [-0.2, -0.15) is 0 Å². The Hall–Kier alpha value is -1.35. The zero-order chi connectivity index (χ0) is 14.0. The van der Waals surface area contributed by atoms with E-state index in [0.29, 0.717) is 5.92 Å². The van der Waals surface area contributed by atoms with Gasteiger partial charge < -0.3 is 10.6 Å². The van der Waals surface area contributed by atoms with Crippen molar-refractivity contribution in [1.29, 1.82) is 0 Å². The minimum absolute atomic E-state index is 0.0892. The Kier molecular flexibility index (Phi) is 3.95. The van der Waals surface area contributed by atoms with Crippen molar-refractivity contribution in [2.75, 3.05) is 13.6 Å². The van der Waals surface area contributed by atoms with Crippen LogP contribution < -0.4 is 5.73 Å². The van der Waals surface area contributed by atoms with Gasteiger partial charge in [-0.3, -0.25) is 4.79 Å². The third-order valence-corrected chi connectivity index (χ3v) is 3.94. The first kappa shape index (κ1) is 14.1. The Morgan fingerprint density at radius 1 is 1.32 bits per heavy atom. The molecule has 0 spiro atoms. The van der Waals surface area contributed by atoms with Gasteiger partial charge in [0.05, 0.1) is 5.54 Å². The highest BCUT2D eigenvalue weighted by Crippen LogP contribution is 2.33. The fraction of sp³-hybridized carbons (Fsp3) is 0.562. The molecular formula is C16H24N2O. The van der Waals surface area contributed by atoms with E-state index in [1.54, 1.807) is 4.90 Å². The van der Waals surface area contributed by atoms with Gasteiger partial charge in [-0.05, 0) is 36.3 Å². The summed E-state index contributed by atoms with van der Waals surface area (Å²) in [7, 11) is 1.84. The lowest BCUT2D eigenvalue weighted by Crippen LogP contribution is -2.44. The second-order valence-corrected chi connectivity index (χ2v) is 6.03. The summed E-state index contributed by atoms with van der Waals surface area (Å²) in [6.45, 7) is 5.12. The van der Waals surface area contributed by atoms with Gasteiger partial charge in [-0.1, -0.05) is 38.1 Å². The number of benzene rings is 1. The average Bonchev–Trinajstić information content (AvgIpc) is 3.14. The first-order chi connectivity index (χ1) is 8.92. The normalized spacial score (nSPS) is 16.5. The molecule has 104 valence electrons. The fourth-order valence-corrected chi connectivity index (χ4v) is 2.20. The molecule has 2 rings (SSSR count). The molecule has 0 heterocycles. The maximum absolute atomic E-state index is 12.0. The Balaban J connectivity index is 1.86. The van der Waals surface area contributed by atoms with Gasteiger partial charge >= 0.3 is 0 Å². The summed E-state index contributed by atoms with van der Waals surface area (Å²) >= 11 is 0. The molecule has 19 heavy (non-hydrogen) atoms. The molecule has 2 N–H and O–H groups in total. The molecule has 1 aliphatic carbocycles. The van der Waals surface area contributed by atoms with E-state index in [4.69, 9.17) is 5.73 Å². The molecule has 1 aliphatic rings. The van der Waals surface area contributed by atoms with Crippen molar-refractivity contribution in [2.45, 2.75) is 44.6 Å². The van der Waals surface area contributed by atoms with Gasteiger partial charge in [0.2, 0.25) is 5.91 Å². The van der Waals surface area contributed by atoms with Crippen LogP contribution in [0.15, 0.2) is 24.3 Å². The third-order valence-electron chi connectivity index (χ3n) is 3.94. The summed E-state index contributed by atoms with van der Waals surface area (Å²) in [5.41, 5.74) is 8.00. The average molecular weight is 260 g/mol. The Morgan fingerprint density at radius 2 is 1.89 bits per heavy atom. The lowest BCUT2D eigenvalue weighted by atomic mass is 10.0. The van der Waals surface area contributed by atoms with Crippen molar-refractivity contribution >= 4 is 5.91 Å². The third kappa shape index (κ3) is 3.35. The highest BCUT2D eigenvalue weighted by molar-refractivity contribution is 5.88. The van der Waals surface area contributed by atoms with Gasteiger partial charge in [0.25, 0.3) is 0 Å². The zero-order valence-corrected chi connectivity index (χ0v) is 12.1. The standard InChI is InChI=1S/C16H24N2O/c1-12(2)14-6-4-13(5-7-14)8-11-18(3)15(19)16(17)9-10-16/h4-7,12H,8-11,17H2,1-3H3. The molecule has 1 amide bonds. The predicted octanol–water partition coefficient (Wildman–Crippen LogP) is 2.30. The monoisotopic (exact) mass is 260 g/mol. The first-order valence-corrected chi connectivity index (χ1v) is 7.06. The van der Waals surface area contributed by atoms with Crippen LogP contribution in [0.25, 0.3) is 0 Å². The number of nitrogens with two attached hydrogens (primary N) is 1. The minimum atomic E-state index is -0.545. The van der Waals surface area contributed by atoms with E-state index in [-0.39, 0.29) is 5.91 Å². The number of nitrogens with zero attached hydrogens (tertiary/aromatic N) is 1. The van der Waals surface area contributed by atoms with Crippen LogP contribution in [0.2, 0.25) is 0 Å². The summed E-state index contributed by atoms with van der Waals surface area (Å²) in [6, 6.07) is 8.66. The molecule has 0 atom stereocenters. The van der Waals surface area contributed by atoms with Crippen molar-refractivity contribution in [1.82, 2.24) is 4.90 Å². The van der Waals surface area contributed by atoms with Crippen molar-refractivity contribution < 1.29 is 4.79 Å². The smallest absolute Gasteiger partial charge is 0.242 e. The van der Waals surface area contributed by atoms with Crippen molar-refractivity contribution in [2.24, 2.45) is 5.73 Å². The Morgan fingerprint density at radius 3 is 2.37 bits per heavy atom. The van der Waals surface area contributed by atoms with Gasteiger partial charge in [0.1, 0.15) is 0 Å². The molecule has 1 aromatic rings. The van der Waals surface area contributed by atoms with Gasteiger partial charge in [0.15, 0.2) is 0 Å². The molecule has 3 heteroatoms. The van der Waals surface area contributed by atoms with E-state index >= 15 is 0 Å². The van der Waals surface area contributed by atoms with Gasteiger partial charge in [-0.15, -0.1) is 0 Å². The molecule has 1 aromatic carbocycles. The lowest BCUT2D eigenvalue weighted by molar-refractivity contribution is -0.132.